The van der Waals surface area contributed by atoms with Gasteiger partial charge in [0.25, 0.3) is 0 Å². The molecule has 0 fully saturated rings. The molecule has 0 aromatic heterocycles. The van der Waals surface area contributed by atoms with Crippen molar-refractivity contribution >= 4 is 69.6 Å². The molecular formula is C14H22O6S4. The minimum absolute atomic E-state index is 0.00290. The second-order valence-electron chi connectivity index (χ2n) is 4.97. The van der Waals surface area contributed by atoms with Crippen molar-refractivity contribution in [3.8, 4) is 0 Å². The number of thiocarbonyl (C=S) groups is 2. The van der Waals surface area contributed by atoms with Crippen LogP contribution in [0.5, 0.6) is 0 Å². The summed E-state index contributed by atoms with van der Waals surface area (Å²) in [5.74, 6) is -1.88. The molecule has 0 radical (unpaired) electrons. The number of rotatable bonds is 15. The highest BCUT2D eigenvalue weighted by molar-refractivity contribution is 8.04. The number of hydrogen-bond donors (Lipinski definition) is 4. The van der Waals surface area contributed by atoms with E-state index in [1.807, 2.05) is 0 Å². The summed E-state index contributed by atoms with van der Waals surface area (Å²) in [6.45, 7) is 0.00290. The molecule has 2 unspecified atom stereocenters. The molecule has 0 aromatic carbocycles. The molecule has 0 amide bonds. The first-order valence-corrected chi connectivity index (χ1v) is 10.2. The highest BCUT2D eigenvalue weighted by Crippen LogP contribution is 2.23. The number of aliphatic carboxylic acids is 2. The van der Waals surface area contributed by atoms with E-state index in [0.29, 0.717) is 29.9 Å². The van der Waals surface area contributed by atoms with Gasteiger partial charge in [0.2, 0.25) is 0 Å². The smallest absolute Gasteiger partial charge is 0.313 e. The molecule has 0 aliphatic rings. The zero-order valence-corrected chi connectivity index (χ0v) is 16.3. The second-order valence-corrected chi connectivity index (χ2v) is 8.39. The Morgan fingerprint density at radius 3 is 2.08 bits per heavy atom. The van der Waals surface area contributed by atoms with Gasteiger partial charge < -0.3 is 20.4 Å². The fraction of sp³-hybridized carbons (Fsp3) is 0.714. The molecule has 0 aliphatic carbocycles. The van der Waals surface area contributed by atoms with E-state index in [-0.39, 0.29) is 24.5 Å². The van der Waals surface area contributed by atoms with Crippen LogP contribution in [0.3, 0.4) is 0 Å². The van der Waals surface area contributed by atoms with Gasteiger partial charge in [0.05, 0.1) is 17.6 Å². The van der Waals surface area contributed by atoms with E-state index < -0.39 is 23.3 Å². The minimum Gasteiger partial charge on any atom is -0.481 e. The van der Waals surface area contributed by atoms with Crippen molar-refractivity contribution in [2.75, 3.05) is 23.9 Å². The lowest BCUT2D eigenvalue weighted by Crippen LogP contribution is -2.29. The molecular weight excluding hydrogens is 392 g/mol. The standard InChI is InChI=1S/C14H22O6S4/c15-4-3-9(21)1-2-10(22)5-11(16)12(24-8-14(19)20)6-23-7-13(17)18/h11-12,15-16H,1-8H2,(H,17,18)(H,19,20). The molecule has 0 aromatic rings. The molecule has 2 atom stereocenters. The van der Waals surface area contributed by atoms with E-state index in [1.54, 1.807) is 0 Å². The van der Waals surface area contributed by atoms with Gasteiger partial charge in [-0.1, -0.05) is 24.4 Å². The van der Waals surface area contributed by atoms with Crippen LogP contribution >= 0.6 is 48.0 Å². The Hall–Kier alpha value is -0.260. The molecule has 0 saturated carbocycles. The monoisotopic (exact) mass is 414 g/mol. The lowest BCUT2D eigenvalue weighted by molar-refractivity contribution is -0.135. The Morgan fingerprint density at radius 2 is 1.54 bits per heavy atom. The Morgan fingerprint density at radius 1 is 0.958 bits per heavy atom. The Labute approximate surface area is 160 Å². The van der Waals surface area contributed by atoms with Crippen molar-refractivity contribution in [1.29, 1.82) is 0 Å². The van der Waals surface area contributed by atoms with Crippen LogP contribution in [0, 0.1) is 0 Å². The second kappa shape index (κ2) is 14.0. The third-order valence-corrected chi connectivity index (χ3v) is 6.23. The first-order chi connectivity index (χ1) is 11.3. The largest absolute Gasteiger partial charge is 0.481 e. The van der Waals surface area contributed by atoms with Crippen LogP contribution in [-0.2, 0) is 9.59 Å². The predicted octanol–water partition coefficient (Wildman–Crippen LogP) is 1.64. The Balaban J connectivity index is 4.40. The number of carbonyl (C=O) groups is 2. The van der Waals surface area contributed by atoms with Crippen molar-refractivity contribution in [2.45, 2.75) is 37.0 Å². The van der Waals surface area contributed by atoms with Crippen LogP contribution in [-0.4, -0.2) is 77.3 Å². The van der Waals surface area contributed by atoms with Gasteiger partial charge in [-0.25, -0.2) is 0 Å². The first-order valence-electron chi connectivity index (χ1n) is 7.21. The molecule has 24 heavy (non-hydrogen) atoms. The zero-order valence-electron chi connectivity index (χ0n) is 13.0. The minimum atomic E-state index is -0.989. The van der Waals surface area contributed by atoms with Gasteiger partial charge in [-0.15, -0.1) is 23.5 Å². The molecule has 0 bridgehead atoms. The summed E-state index contributed by atoms with van der Waals surface area (Å²) >= 11 is 12.5. The molecule has 6 nitrogen and oxygen atoms in total. The lowest BCUT2D eigenvalue weighted by atomic mass is 10.1. The molecule has 138 valence electrons. The molecule has 0 rings (SSSR count). The van der Waals surface area contributed by atoms with E-state index in [1.165, 1.54) is 0 Å². The van der Waals surface area contributed by atoms with Gasteiger partial charge in [-0.05, 0) is 22.6 Å². The number of thioether (sulfide) groups is 2. The van der Waals surface area contributed by atoms with Gasteiger partial charge in [0, 0.05) is 30.5 Å². The lowest BCUT2D eigenvalue weighted by Gasteiger charge is -2.22. The van der Waals surface area contributed by atoms with Gasteiger partial charge in [0.15, 0.2) is 0 Å². The van der Waals surface area contributed by atoms with Crippen molar-refractivity contribution in [3.05, 3.63) is 0 Å². The van der Waals surface area contributed by atoms with E-state index in [2.05, 4.69) is 0 Å². The summed E-state index contributed by atoms with van der Waals surface area (Å²) in [7, 11) is 0. The number of hydrogen-bond acceptors (Lipinski definition) is 8. The molecule has 0 aliphatic heterocycles. The zero-order chi connectivity index (χ0) is 18.5. The van der Waals surface area contributed by atoms with E-state index in [4.69, 9.17) is 39.8 Å². The average Bonchev–Trinajstić information content (AvgIpc) is 2.48. The Bertz CT molecular complexity index is 443. The topological polar surface area (TPSA) is 115 Å². The van der Waals surface area contributed by atoms with Crippen LogP contribution in [0.15, 0.2) is 0 Å². The van der Waals surface area contributed by atoms with Crippen LogP contribution in [0.2, 0.25) is 0 Å². The van der Waals surface area contributed by atoms with Crippen LogP contribution in [0.4, 0.5) is 0 Å². The normalized spacial score (nSPS) is 13.2. The summed E-state index contributed by atoms with van der Waals surface area (Å²) in [6.07, 6.45) is 0.951. The average molecular weight is 415 g/mol. The maximum Gasteiger partial charge on any atom is 0.313 e. The molecule has 0 saturated heterocycles. The summed E-state index contributed by atoms with van der Waals surface area (Å²) in [6, 6.07) is 0. The van der Waals surface area contributed by atoms with Crippen molar-refractivity contribution in [2.24, 2.45) is 0 Å². The Kier molecular flexibility index (Phi) is 13.8. The van der Waals surface area contributed by atoms with E-state index in [0.717, 1.165) is 28.4 Å². The van der Waals surface area contributed by atoms with Crippen molar-refractivity contribution < 1.29 is 30.0 Å². The van der Waals surface area contributed by atoms with E-state index in [9.17, 15) is 14.7 Å². The summed E-state index contributed by atoms with van der Waals surface area (Å²) in [5, 5.41) is 36.1. The van der Waals surface area contributed by atoms with Crippen molar-refractivity contribution in [1.82, 2.24) is 0 Å². The quantitative estimate of drug-likeness (QED) is 0.295. The molecule has 4 N–H and O–H groups in total. The summed E-state index contributed by atoms with van der Waals surface area (Å²) < 4.78 is 0. The van der Waals surface area contributed by atoms with Gasteiger partial charge in [-0.3, -0.25) is 9.59 Å². The maximum atomic E-state index is 10.7. The highest BCUT2D eigenvalue weighted by Gasteiger charge is 2.22. The number of carboxylic acid groups (broad SMARTS) is 2. The van der Waals surface area contributed by atoms with Crippen LogP contribution in [0.25, 0.3) is 0 Å². The first kappa shape index (κ1) is 23.7. The van der Waals surface area contributed by atoms with Crippen LogP contribution in [0.1, 0.15) is 25.7 Å². The number of aliphatic hydroxyl groups is 2. The SMILES string of the molecule is O=C(O)CSCC(SCC(=O)O)C(O)CC(=S)CCC(=S)CCO. The van der Waals surface area contributed by atoms with Crippen molar-refractivity contribution in [3.63, 3.8) is 0 Å². The predicted molar refractivity (Wildman–Crippen MR) is 106 cm³/mol. The molecule has 0 heterocycles. The fourth-order valence-electron chi connectivity index (χ4n) is 1.71. The number of carboxylic acids is 2. The van der Waals surface area contributed by atoms with Gasteiger partial charge in [0.1, 0.15) is 0 Å². The summed E-state index contributed by atoms with van der Waals surface area (Å²) in [4.78, 5) is 22.6. The molecule has 0 spiro atoms. The van der Waals surface area contributed by atoms with Gasteiger partial charge >= 0.3 is 11.9 Å². The summed E-state index contributed by atoms with van der Waals surface area (Å²) in [5.41, 5.74) is 0. The van der Waals surface area contributed by atoms with Gasteiger partial charge in [-0.2, -0.15) is 0 Å². The number of aliphatic hydroxyl groups excluding tert-OH is 2. The fourth-order valence-corrected chi connectivity index (χ4v) is 4.27. The maximum absolute atomic E-state index is 10.7. The highest BCUT2D eigenvalue weighted by atomic mass is 32.2. The van der Waals surface area contributed by atoms with Crippen LogP contribution < -0.4 is 0 Å². The molecule has 10 heteroatoms. The third kappa shape index (κ3) is 13.1. The third-order valence-electron chi connectivity index (χ3n) is 2.87. The van der Waals surface area contributed by atoms with E-state index >= 15 is 0 Å².